The first-order chi connectivity index (χ1) is 9.21. The van der Waals surface area contributed by atoms with Crippen LogP contribution in [0.4, 0.5) is 0 Å². The molecule has 0 aromatic carbocycles. The monoisotopic (exact) mass is 308 g/mol. The normalized spacial score (nSPS) is 17.9. The van der Waals surface area contributed by atoms with Crippen LogP contribution in [0.25, 0.3) is 6.08 Å². The molecule has 0 bridgehead atoms. The quantitative estimate of drug-likeness (QED) is 0.589. The van der Waals surface area contributed by atoms with Crippen molar-refractivity contribution in [2.75, 3.05) is 0 Å². The van der Waals surface area contributed by atoms with Gasteiger partial charge in [0.05, 0.1) is 0 Å². The van der Waals surface area contributed by atoms with E-state index in [0.29, 0.717) is 11.3 Å². The van der Waals surface area contributed by atoms with E-state index in [4.69, 9.17) is 10.7 Å². The van der Waals surface area contributed by atoms with E-state index < -0.39 is 9.05 Å². The number of rotatable bonds is 1. The molecule has 0 fully saturated rings. The fourth-order valence-corrected chi connectivity index (χ4v) is 4.57. The van der Waals surface area contributed by atoms with Gasteiger partial charge in [0.1, 0.15) is 0 Å². The van der Waals surface area contributed by atoms with Crippen molar-refractivity contribution in [2.45, 2.75) is 27.7 Å². The second kappa shape index (κ2) is 4.12. The van der Waals surface area contributed by atoms with Gasteiger partial charge in [-0.3, -0.25) is 4.49 Å². The highest BCUT2D eigenvalue weighted by atomic mass is 35.7. The van der Waals surface area contributed by atoms with E-state index in [1.807, 2.05) is 32.0 Å². The minimum absolute atomic E-state index is 0.211. The topological polar surface area (TPSA) is 42.1 Å². The Kier molecular flexibility index (Phi) is 2.82. The Bertz CT molecular complexity index is 844. The molecule has 0 atom stereocenters. The summed E-state index contributed by atoms with van der Waals surface area (Å²) in [6.45, 7) is 7.63. The fraction of sp³-hybridized carbons (Fsp3) is 0.308. The second-order valence-electron chi connectivity index (χ2n) is 5.22. The van der Waals surface area contributed by atoms with Gasteiger partial charge in [-0.05, 0) is 32.4 Å². The highest BCUT2D eigenvalue weighted by Crippen LogP contribution is 2.34. The van der Waals surface area contributed by atoms with Gasteiger partial charge in [-0.1, -0.05) is 0 Å². The second-order valence-corrected chi connectivity index (χ2v) is 7.72. The van der Waals surface area contributed by atoms with Gasteiger partial charge < -0.3 is 4.48 Å². The first kappa shape index (κ1) is 13.7. The molecular weight excluding hydrogens is 294 g/mol. The number of hydrogen-bond donors (Lipinski definition) is 0. The van der Waals surface area contributed by atoms with Crippen molar-refractivity contribution < 1.29 is 12.9 Å². The molecule has 0 saturated heterocycles. The van der Waals surface area contributed by atoms with Gasteiger partial charge in [0.15, 0.2) is 16.3 Å². The number of nitrogens with zero attached hydrogens (tertiary/aromatic N) is 2. The molecule has 7 heteroatoms. The molecular formula is C13H14BClN2O2S+. The molecule has 2 aliphatic rings. The maximum Gasteiger partial charge on any atom is 0.699 e. The van der Waals surface area contributed by atoms with Crippen molar-refractivity contribution in [3.05, 3.63) is 39.2 Å². The van der Waals surface area contributed by atoms with Gasteiger partial charge in [-0.25, -0.2) is 8.42 Å². The fourth-order valence-electron chi connectivity index (χ4n) is 2.96. The van der Waals surface area contributed by atoms with E-state index in [2.05, 4.69) is 10.5 Å². The van der Waals surface area contributed by atoms with Crippen LogP contribution in [-0.4, -0.2) is 30.6 Å². The Morgan fingerprint density at radius 2 is 1.90 bits per heavy atom. The Morgan fingerprint density at radius 1 is 1.25 bits per heavy atom. The molecule has 3 rings (SSSR count). The molecule has 0 spiro atoms. The number of aromatic nitrogens is 1. The van der Waals surface area contributed by atoms with Crippen LogP contribution in [0.15, 0.2) is 22.2 Å². The number of hydrogen-bond acceptors (Lipinski definition) is 2. The molecule has 0 aliphatic carbocycles. The molecule has 0 amide bonds. The summed E-state index contributed by atoms with van der Waals surface area (Å²) in [5.74, 6) is 0. The van der Waals surface area contributed by atoms with Crippen LogP contribution >= 0.6 is 10.7 Å². The predicted octanol–water partition coefficient (Wildman–Crippen LogP) is 2.17. The third-order valence-corrected chi connectivity index (χ3v) is 5.44. The highest BCUT2D eigenvalue weighted by Gasteiger charge is 2.42. The summed E-state index contributed by atoms with van der Waals surface area (Å²) < 4.78 is 27.4. The third-order valence-electron chi connectivity index (χ3n) is 3.89. The van der Waals surface area contributed by atoms with Crippen LogP contribution in [0, 0.1) is 13.8 Å². The summed E-state index contributed by atoms with van der Waals surface area (Å²) in [6.07, 6.45) is 2.01. The first-order valence-corrected chi connectivity index (χ1v) is 8.57. The minimum Gasteiger partial charge on any atom is -0.323 e. The zero-order valence-corrected chi connectivity index (χ0v) is 13.3. The Morgan fingerprint density at radius 3 is 2.50 bits per heavy atom. The van der Waals surface area contributed by atoms with Crippen LogP contribution in [-0.2, 0) is 9.05 Å². The summed E-state index contributed by atoms with van der Waals surface area (Å²) in [6, 6.07) is 2.11. The lowest BCUT2D eigenvalue weighted by atomic mass is 10.0. The summed E-state index contributed by atoms with van der Waals surface area (Å²) >= 11 is 0. The summed E-state index contributed by atoms with van der Waals surface area (Å²) in [4.78, 5) is 0.211. The summed E-state index contributed by atoms with van der Waals surface area (Å²) in [5, 5.41) is 0. The molecule has 2 aliphatic heterocycles. The summed E-state index contributed by atoms with van der Waals surface area (Å²) in [7, 11) is 3.73. The Labute approximate surface area is 123 Å². The Hall–Kier alpha value is -1.27. The molecule has 1 aromatic rings. The van der Waals surface area contributed by atoms with E-state index in [1.165, 1.54) is 5.56 Å². The van der Waals surface area contributed by atoms with Gasteiger partial charge in [-0.15, -0.1) is 0 Å². The van der Waals surface area contributed by atoms with Gasteiger partial charge in [0.25, 0.3) is 9.05 Å². The minimum atomic E-state index is -3.75. The van der Waals surface area contributed by atoms with E-state index >= 15 is 0 Å². The molecule has 0 unspecified atom stereocenters. The Balaban J connectivity index is 2.29. The van der Waals surface area contributed by atoms with Crippen molar-refractivity contribution in [3.63, 3.8) is 0 Å². The molecule has 20 heavy (non-hydrogen) atoms. The number of halogens is 1. The molecule has 4 nitrogen and oxygen atoms in total. The molecule has 1 aromatic heterocycles. The standard InChI is InChI=1S/C13H14BClN2O2S/c1-7-5-8(2)16-11(7)6-12-9(3)13(20(15,18)19)10(4)17(12)14-16/h5-6H,1-4H3/q+1. The van der Waals surface area contributed by atoms with Crippen LogP contribution in [0.5, 0.6) is 0 Å². The number of fused-ring (bicyclic) bond motifs is 2. The molecule has 1 radical (unpaired) electrons. The van der Waals surface area contributed by atoms with E-state index in [9.17, 15) is 8.42 Å². The van der Waals surface area contributed by atoms with E-state index in [1.54, 1.807) is 13.8 Å². The zero-order chi connectivity index (χ0) is 14.8. The van der Waals surface area contributed by atoms with Crippen LogP contribution < -0.4 is 0 Å². The number of allylic oxidation sites excluding steroid dienone is 2. The van der Waals surface area contributed by atoms with Crippen molar-refractivity contribution >= 4 is 39.1 Å². The lowest BCUT2D eigenvalue weighted by Gasteiger charge is -2.12. The largest absolute Gasteiger partial charge is 0.699 e. The smallest absolute Gasteiger partial charge is 0.323 e. The van der Waals surface area contributed by atoms with E-state index in [0.717, 1.165) is 17.1 Å². The van der Waals surface area contributed by atoms with Crippen LogP contribution in [0.2, 0.25) is 0 Å². The van der Waals surface area contributed by atoms with Gasteiger partial charge >= 0.3 is 7.55 Å². The van der Waals surface area contributed by atoms with Gasteiger partial charge in [-0.2, -0.15) is 0 Å². The maximum atomic E-state index is 11.8. The van der Waals surface area contributed by atoms with Crippen LogP contribution in [0.1, 0.15) is 30.8 Å². The predicted molar refractivity (Wildman–Crippen MR) is 81.4 cm³/mol. The highest BCUT2D eigenvalue weighted by molar-refractivity contribution is 8.17. The molecule has 103 valence electrons. The van der Waals surface area contributed by atoms with Crippen molar-refractivity contribution in [2.24, 2.45) is 0 Å². The van der Waals surface area contributed by atoms with Crippen LogP contribution in [0.3, 0.4) is 0 Å². The first-order valence-electron chi connectivity index (χ1n) is 6.26. The molecule has 0 N–H and O–H groups in total. The average molecular weight is 309 g/mol. The lowest BCUT2D eigenvalue weighted by molar-refractivity contribution is -0.314. The average Bonchev–Trinajstić information content (AvgIpc) is 2.74. The van der Waals surface area contributed by atoms with Gasteiger partial charge in [0, 0.05) is 40.6 Å². The van der Waals surface area contributed by atoms with Crippen molar-refractivity contribution in [1.82, 2.24) is 4.48 Å². The van der Waals surface area contributed by atoms with Crippen molar-refractivity contribution in [3.8, 4) is 0 Å². The van der Waals surface area contributed by atoms with Crippen molar-refractivity contribution in [1.29, 1.82) is 0 Å². The summed E-state index contributed by atoms with van der Waals surface area (Å²) in [5.41, 5.74) is 5.56. The molecule has 3 heterocycles. The lowest BCUT2D eigenvalue weighted by Crippen LogP contribution is -2.30. The van der Waals surface area contributed by atoms with Gasteiger partial charge in [0.2, 0.25) is 0 Å². The van der Waals surface area contributed by atoms with E-state index in [-0.39, 0.29) is 4.91 Å². The number of aryl methyl sites for hydroxylation is 2. The zero-order valence-electron chi connectivity index (χ0n) is 11.7. The third kappa shape index (κ3) is 1.74. The molecule has 0 saturated carbocycles. The maximum absolute atomic E-state index is 11.8. The SMILES string of the molecule is CC1=C(S(=O)(=O)Cl)C(C)=[N+]2[B]n3c(C)cc(C)c3C=C12.